The Kier molecular flexibility index (Phi) is 5.25. The molecule has 6 heteroatoms. The monoisotopic (exact) mass is 353 g/mol. The zero-order chi connectivity index (χ0) is 14.5. The van der Waals surface area contributed by atoms with Gasteiger partial charge >= 0.3 is 6.03 Å². The first-order chi connectivity index (χ1) is 9.61. The summed E-state index contributed by atoms with van der Waals surface area (Å²) in [5.41, 5.74) is 1.59. The number of aromatic nitrogens is 1. The zero-order valence-corrected chi connectivity index (χ0v) is 13.7. The van der Waals surface area contributed by atoms with Gasteiger partial charge in [-0.15, -0.1) is 0 Å². The van der Waals surface area contributed by atoms with Crippen LogP contribution in [0.4, 0.5) is 10.5 Å². The number of thioether (sulfide) groups is 1. The van der Waals surface area contributed by atoms with Gasteiger partial charge in [-0.05, 0) is 53.4 Å². The van der Waals surface area contributed by atoms with E-state index in [1.165, 1.54) is 0 Å². The second kappa shape index (κ2) is 6.95. The Bertz CT molecular complexity index is 620. The maximum Gasteiger partial charge on any atom is 0.319 e. The van der Waals surface area contributed by atoms with Crippen LogP contribution in [-0.4, -0.2) is 29.1 Å². The molecular weight excluding hydrogens is 338 g/mol. The van der Waals surface area contributed by atoms with E-state index in [1.54, 1.807) is 18.0 Å². The molecule has 1 aromatic heterocycles. The van der Waals surface area contributed by atoms with E-state index in [-0.39, 0.29) is 12.1 Å². The predicted octanol–water partition coefficient (Wildman–Crippen LogP) is 3.87. The largest absolute Gasteiger partial charge is 0.335 e. The van der Waals surface area contributed by atoms with Gasteiger partial charge in [-0.1, -0.05) is 0 Å². The topological polar surface area (TPSA) is 54.0 Å². The third kappa shape index (κ3) is 3.64. The van der Waals surface area contributed by atoms with Crippen LogP contribution in [0, 0.1) is 0 Å². The Morgan fingerprint density at radius 2 is 2.25 bits per heavy atom. The van der Waals surface area contributed by atoms with Gasteiger partial charge in [0.1, 0.15) is 0 Å². The molecule has 1 aromatic carbocycles. The van der Waals surface area contributed by atoms with Crippen molar-refractivity contribution < 1.29 is 4.79 Å². The number of carbonyl (C=O) groups is 1. The number of pyridine rings is 1. The van der Waals surface area contributed by atoms with Gasteiger partial charge in [0, 0.05) is 27.9 Å². The standard InChI is InChI=1S/C14H16BrN3OS/c1-9(8-20-2)17-14(19)18-12-6-5-11(15)13-10(12)4-3-7-16-13/h3-7,9H,8H2,1-2H3,(H2,17,18,19). The highest BCUT2D eigenvalue weighted by atomic mass is 79.9. The molecule has 0 aliphatic heterocycles. The second-order valence-electron chi connectivity index (χ2n) is 4.45. The molecule has 2 rings (SSSR count). The molecule has 1 atom stereocenters. The second-order valence-corrected chi connectivity index (χ2v) is 6.21. The molecule has 0 fully saturated rings. The number of hydrogen-bond acceptors (Lipinski definition) is 3. The first-order valence-electron chi connectivity index (χ1n) is 6.21. The first kappa shape index (κ1) is 15.1. The van der Waals surface area contributed by atoms with Crippen LogP contribution in [-0.2, 0) is 0 Å². The lowest BCUT2D eigenvalue weighted by Gasteiger charge is -2.14. The number of rotatable bonds is 4. The van der Waals surface area contributed by atoms with Crippen molar-refractivity contribution in [2.45, 2.75) is 13.0 Å². The fraction of sp³-hybridized carbons (Fsp3) is 0.286. The number of halogens is 1. The van der Waals surface area contributed by atoms with Gasteiger partial charge in [-0.2, -0.15) is 11.8 Å². The highest BCUT2D eigenvalue weighted by Crippen LogP contribution is 2.28. The zero-order valence-electron chi connectivity index (χ0n) is 11.3. The number of nitrogens with one attached hydrogen (secondary N) is 2. The number of amides is 2. The maximum absolute atomic E-state index is 12.0. The van der Waals surface area contributed by atoms with E-state index in [1.807, 2.05) is 37.4 Å². The molecule has 0 aliphatic rings. The summed E-state index contributed by atoms with van der Waals surface area (Å²) in [7, 11) is 0. The molecular formula is C14H16BrN3OS. The molecule has 0 spiro atoms. The Hall–Kier alpha value is -1.27. The van der Waals surface area contributed by atoms with E-state index in [2.05, 4.69) is 31.5 Å². The van der Waals surface area contributed by atoms with E-state index in [0.717, 1.165) is 26.8 Å². The minimum atomic E-state index is -0.195. The van der Waals surface area contributed by atoms with E-state index in [0.29, 0.717) is 0 Å². The average molecular weight is 354 g/mol. The highest BCUT2D eigenvalue weighted by molar-refractivity contribution is 9.10. The third-order valence-electron chi connectivity index (χ3n) is 2.76. The normalized spacial score (nSPS) is 12.2. The van der Waals surface area contributed by atoms with E-state index in [9.17, 15) is 4.79 Å². The average Bonchev–Trinajstić information content (AvgIpc) is 2.42. The van der Waals surface area contributed by atoms with Crippen molar-refractivity contribution in [1.82, 2.24) is 10.3 Å². The van der Waals surface area contributed by atoms with Gasteiger partial charge in [-0.25, -0.2) is 4.79 Å². The molecule has 20 heavy (non-hydrogen) atoms. The smallest absolute Gasteiger partial charge is 0.319 e. The molecule has 1 heterocycles. The Balaban J connectivity index is 2.18. The molecule has 1 unspecified atom stereocenters. The molecule has 0 aliphatic carbocycles. The van der Waals surface area contributed by atoms with Crippen LogP contribution < -0.4 is 10.6 Å². The summed E-state index contributed by atoms with van der Waals surface area (Å²) >= 11 is 5.17. The summed E-state index contributed by atoms with van der Waals surface area (Å²) in [4.78, 5) is 16.3. The quantitative estimate of drug-likeness (QED) is 0.876. The lowest BCUT2D eigenvalue weighted by atomic mass is 10.2. The Morgan fingerprint density at radius 1 is 1.45 bits per heavy atom. The number of urea groups is 1. The van der Waals surface area contributed by atoms with Gasteiger partial charge in [0.15, 0.2) is 0 Å². The lowest BCUT2D eigenvalue weighted by molar-refractivity contribution is 0.250. The van der Waals surface area contributed by atoms with Crippen LogP contribution in [0.2, 0.25) is 0 Å². The molecule has 2 aromatic rings. The van der Waals surface area contributed by atoms with Gasteiger partial charge < -0.3 is 10.6 Å². The van der Waals surface area contributed by atoms with Crippen LogP contribution in [0.15, 0.2) is 34.9 Å². The van der Waals surface area contributed by atoms with Gasteiger partial charge in [0.25, 0.3) is 0 Å². The van der Waals surface area contributed by atoms with Crippen LogP contribution in [0.25, 0.3) is 10.9 Å². The van der Waals surface area contributed by atoms with Crippen molar-refractivity contribution in [3.8, 4) is 0 Å². The molecule has 0 saturated carbocycles. The van der Waals surface area contributed by atoms with Crippen molar-refractivity contribution in [3.63, 3.8) is 0 Å². The Labute approximate surface area is 130 Å². The van der Waals surface area contributed by atoms with Gasteiger partial charge in [0.05, 0.1) is 11.2 Å². The number of carbonyl (C=O) groups excluding carboxylic acids is 1. The van der Waals surface area contributed by atoms with Gasteiger partial charge in [-0.3, -0.25) is 4.98 Å². The van der Waals surface area contributed by atoms with Gasteiger partial charge in [0.2, 0.25) is 0 Å². The first-order valence-corrected chi connectivity index (χ1v) is 8.40. The summed E-state index contributed by atoms with van der Waals surface area (Å²) in [6.07, 6.45) is 3.75. The van der Waals surface area contributed by atoms with Crippen molar-refractivity contribution >= 4 is 50.3 Å². The number of nitrogens with zero attached hydrogens (tertiary/aromatic N) is 1. The Morgan fingerprint density at radius 3 is 3.00 bits per heavy atom. The van der Waals surface area contributed by atoms with E-state index in [4.69, 9.17) is 0 Å². The molecule has 0 bridgehead atoms. The molecule has 0 radical (unpaired) electrons. The van der Waals surface area contributed by atoms with Crippen molar-refractivity contribution in [1.29, 1.82) is 0 Å². The summed E-state index contributed by atoms with van der Waals surface area (Å²) < 4.78 is 0.912. The number of anilines is 1. The minimum Gasteiger partial charge on any atom is -0.335 e. The van der Waals surface area contributed by atoms with Crippen molar-refractivity contribution in [2.24, 2.45) is 0 Å². The fourth-order valence-electron chi connectivity index (χ4n) is 1.92. The summed E-state index contributed by atoms with van der Waals surface area (Å²) in [6, 6.07) is 7.48. The molecule has 2 N–H and O–H groups in total. The molecule has 2 amide bonds. The lowest BCUT2D eigenvalue weighted by Crippen LogP contribution is -2.37. The van der Waals surface area contributed by atoms with E-state index < -0.39 is 0 Å². The summed E-state index contributed by atoms with van der Waals surface area (Å²) in [6.45, 7) is 1.98. The summed E-state index contributed by atoms with van der Waals surface area (Å²) in [5.74, 6) is 0.885. The maximum atomic E-state index is 12.0. The number of benzene rings is 1. The highest BCUT2D eigenvalue weighted by Gasteiger charge is 2.10. The van der Waals surface area contributed by atoms with E-state index >= 15 is 0 Å². The molecule has 4 nitrogen and oxygen atoms in total. The fourth-order valence-corrected chi connectivity index (χ4v) is 2.95. The SMILES string of the molecule is CSCC(C)NC(=O)Nc1ccc(Br)c2ncccc12. The van der Waals surface area contributed by atoms with Crippen LogP contribution >= 0.6 is 27.7 Å². The number of hydrogen-bond donors (Lipinski definition) is 2. The molecule has 106 valence electrons. The van der Waals surface area contributed by atoms with Crippen molar-refractivity contribution in [3.05, 3.63) is 34.9 Å². The van der Waals surface area contributed by atoms with Crippen LogP contribution in [0.3, 0.4) is 0 Å². The van der Waals surface area contributed by atoms with Crippen LogP contribution in [0.5, 0.6) is 0 Å². The van der Waals surface area contributed by atoms with Crippen LogP contribution in [0.1, 0.15) is 6.92 Å². The molecule has 0 saturated heterocycles. The third-order valence-corrected chi connectivity index (χ3v) is 4.24. The minimum absolute atomic E-state index is 0.129. The predicted molar refractivity (Wildman–Crippen MR) is 89.4 cm³/mol. The van der Waals surface area contributed by atoms with Crippen molar-refractivity contribution in [2.75, 3.05) is 17.3 Å². The number of fused-ring (bicyclic) bond motifs is 1. The summed E-state index contributed by atoms with van der Waals surface area (Å²) in [5, 5.41) is 6.70.